The number of hydrogen-bond donors (Lipinski definition) is 3. The molecule has 0 aliphatic rings. The number of hydrogen-bond acceptors (Lipinski definition) is 5. The van der Waals surface area contributed by atoms with Gasteiger partial charge in [0.05, 0.1) is 17.3 Å². The van der Waals surface area contributed by atoms with Gasteiger partial charge in [0.15, 0.2) is 5.65 Å². The Bertz CT molecular complexity index is 998. The van der Waals surface area contributed by atoms with Crippen molar-refractivity contribution in [1.82, 2.24) is 14.8 Å². The van der Waals surface area contributed by atoms with Gasteiger partial charge in [-0.05, 0) is 30.2 Å². The zero-order valence-electron chi connectivity index (χ0n) is 13.2. The fraction of sp³-hybridized carbons (Fsp3) is 0.200. The standard InChI is InChI=1S/C15H17N5O3S/c1-10-7-11(3-4-13(10)19-24(21,22)23)8-17-14-5-6-16-15-12(14)9-18-20(15)2/h3-7,9,19H,8H2,1-2H3,(H,16,17)(H,21,22,23). The van der Waals surface area contributed by atoms with Crippen LogP contribution in [0.4, 0.5) is 11.4 Å². The van der Waals surface area contributed by atoms with Crippen molar-refractivity contribution in [2.24, 2.45) is 7.05 Å². The lowest BCUT2D eigenvalue weighted by molar-refractivity contribution is 0.489. The summed E-state index contributed by atoms with van der Waals surface area (Å²) in [7, 11) is -2.43. The molecule has 0 amide bonds. The van der Waals surface area contributed by atoms with Crippen molar-refractivity contribution < 1.29 is 13.0 Å². The van der Waals surface area contributed by atoms with Crippen LogP contribution in [0.3, 0.4) is 0 Å². The lowest BCUT2D eigenvalue weighted by Crippen LogP contribution is -2.11. The molecule has 0 unspecified atom stereocenters. The summed E-state index contributed by atoms with van der Waals surface area (Å²) >= 11 is 0. The van der Waals surface area contributed by atoms with Crippen LogP contribution in [0.2, 0.25) is 0 Å². The van der Waals surface area contributed by atoms with Crippen molar-refractivity contribution in [3.05, 3.63) is 47.8 Å². The van der Waals surface area contributed by atoms with Gasteiger partial charge in [-0.25, -0.2) is 4.98 Å². The SMILES string of the molecule is Cc1cc(CNc2ccnc3c2cnn3C)ccc1NS(=O)(=O)O. The smallest absolute Gasteiger partial charge is 0.357 e. The van der Waals surface area contributed by atoms with Crippen molar-refractivity contribution in [2.75, 3.05) is 10.0 Å². The monoisotopic (exact) mass is 347 g/mol. The van der Waals surface area contributed by atoms with Gasteiger partial charge >= 0.3 is 10.3 Å². The molecule has 3 rings (SSSR count). The van der Waals surface area contributed by atoms with Crippen LogP contribution in [-0.2, 0) is 23.9 Å². The van der Waals surface area contributed by atoms with E-state index in [1.165, 1.54) is 0 Å². The van der Waals surface area contributed by atoms with Gasteiger partial charge in [-0.2, -0.15) is 13.5 Å². The molecule has 0 aliphatic heterocycles. The van der Waals surface area contributed by atoms with Crippen LogP contribution in [-0.4, -0.2) is 27.7 Å². The summed E-state index contributed by atoms with van der Waals surface area (Å²) in [4.78, 5) is 4.29. The minimum Gasteiger partial charge on any atom is -0.380 e. The Hall–Kier alpha value is -2.65. The number of nitrogens with one attached hydrogen (secondary N) is 2. The van der Waals surface area contributed by atoms with Crippen LogP contribution in [0.1, 0.15) is 11.1 Å². The Balaban J connectivity index is 1.78. The van der Waals surface area contributed by atoms with Gasteiger partial charge in [0.2, 0.25) is 0 Å². The number of pyridine rings is 1. The maximum atomic E-state index is 10.9. The molecule has 0 atom stereocenters. The van der Waals surface area contributed by atoms with Crippen LogP contribution in [0.5, 0.6) is 0 Å². The summed E-state index contributed by atoms with van der Waals surface area (Å²) in [6.07, 6.45) is 3.48. The largest absolute Gasteiger partial charge is 0.380 e. The molecule has 0 saturated carbocycles. The molecule has 0 spiro atoms. The molecular formula is C15H17N5O3S. The second kappa shape index (κ2) is 6.10. The highest BCUT2D eigenvalue weighted by Gasteiger charge is 2.08. The third-order valence-electron chi connectivity index (χ3n) is 3.65. The average Bonchev–Trinajstić information content (AvgIpc) is 2.89. The van der Waals surface area contributed by atoms with Gasteiger partial charge in [-0.1, -0.05) is 12.1 Å². The first-order valence-electron chi connectivity index (χ1n) is 7.19. The molecule has 2 aromatic heterocycles. The first kappa shape index (κ1) is 16.2. The van der Waals surface area contributed by atoms with E-state index in [0.717, 1.165) is 22.3 Å². The van der Waals surface area contributed by atoms with E-state index in [9.17, 15) is 8.42 Å². The summed E-state index contributed by atoms with van der Waals surface area (Å²) < 4.78 is 34.4. The predicted molar refractivity (Wildman–Crippen MR) is 92.2 cm³/mol. The quantitative estimate of drug-likeness (QED) is 0.610. The topological polar surface area (TPSA) is 109 Å². The Kier molecular flexibility index (Phi) is 4.12. The molecule has 0 aliphatic carbocycles. The molecule has 126 valence electrons. The summed E-state index contributed by atoms with van der Waals surface area (Å²) in [5.41, 5.74) is 3.75. The van der Waals surface area contributed by atoms with Crippen LogP contribution >= 0.6 is 0 Å². The van der Waals surface area contributed by atoms with Crippen LogP contribution in [0, 0.1) is 6.92 Å². The molecule has 3 aromatic rings. The molecule has 3 N–H and O–H groups in total. The normalized spacial score (nSPS) is 11.6. The van der Waals surface area contributed by atoms with Crippen molar-refractivity contribution in [3.63, 3.8) is 0 Å². The molecular weight excluding hydrogens is 330 g/mol. The van der Waals surface area contributed by atoms with E-state index in [1.54, 1.807) is 36.1 Å². The lowest BCUT2D eigenvalue weighted by Gasteiger charge is -2.11. The first-order valence-corrected chi connectivity index (χ1v) is 8.63. The first-order chi connectivity index (χ1) is 11.3. The van der Waals surface area contributed by atoms with E-state index < -0.39 is 10.3 Å². The molecule has 2 heterocycles. The highest BCUT2D eigenvalue weighted by atomic mass is 32.2. The molecule has 8 nitrogen and oxygen atoms in total. The van der Waals surface area contributed by atoms with E-state index in [1.807, 2.05) is 19.2 Å². The average molecular weight is 347 g/mol. The van der Waals surface area contributed by atoms with Gasteiger partial charge in [0.25, 0.3) is 0 Å². The summed E-state index contributed by atoms with van der Waals surface area (Å²) in [6.45, 7) is 2.32. The van der Waals surface area contributed by atoms with E-state index >= 15 is 0 Å². The van der Waals surface area contributed by atoms with E-state index in [-0.39, 0.29) is 0 Å². The van der Waals surface area contributed by atoms with E-state index in [4.69, 9.17) is 4.55 Å². The predicted octanol–water partition coefficient (Wildman–Crippen LogP) is 2.10. The molecule has 1 aromatic carbocycles. The summed E-state index contributed by atoms with van der Waals surface area (Å²) in [5.74, 6) is 0. The van der Waals surface area contributed by atoms with Gasteiger partial charge in [0.1, 0.15) is 0 Å². The number of aromatic nitrogens is 3. The minimum atomic E-state index is -4.27. The van der Waals surface area contributed by atoms with Gasteiger partial charge < -0.3 is 5.32 Å². The Morgan fingerprint density at radius 3 is 2.75 bits per heavy atom. The second-order valence-electron chi connectivity index (χ2n) is 5.44. The van der Waals surface area contributed by atoms with Crippen LogP contribution < -0.4 is 10.0 Å². The summed E-state index contributed by atoms with van der Waals surface area (Å²) in [6, 6.07) is 7.13. The van der Waals surface area contributed by atoms with Crippen LogP contribution in [0.25, 0.3) is 11.0 Å². The maximum absolute atomic E-state index is 10.9. The van der Waals surface area contributed by atoms with Gasteiger partial charge in [-0.15, -0.1) is 0 Å². The number of aryl methyl sites for hydroxylation is 2. The van der Waals surface area contributed by atoms with Crippen molar-refractivity contribution in [1.29, 1.82) is 0 Å². The fourth-order valence-electron chi connectivity index (χ4n) is 2.49. The van der Waals surface area contributed by atoms with E-state index in [2.05, 4.69) is 20.1 Å². The third kappa shape index (κ3) is 3.47. The molecule has 0 saturated heterocycles. The van der Waals surface area contributed by atoms with Gasteiger partial charge in [-0.3, -0.25) is 14.0 Å². The Morgan fingerprint density at radius 1 is 1.25 bits per heavy atom. The van der Waals surface area contributed by atoms with E-state index in [0.29, 0.717) is 17.8 Å². The Labute approximate surface area is 139 Å². The zero-order chi connectivity index (χ0) is 17.3. The minimum absolute atomic E-state index is 0.347. The fourth-order valence-corrected chi connectivity index (χ4v) is 2.99. The molecule has 24 heavy (non-hydrogen) atoms. The van der Waals surface area contributed by atoms with Gasteiger partial charge in [0, 0.05) is 25.5 Å². The summed E-state index contributed by atoms with van der Waals surface area (Å²) in [5, 5.41) is 8.46. The third-order valence-corrected chi connectivity index (χ3v) is 4.13. The maximum Gasteiger partial charge on any atom is 0.357 e. The highest BCUT2D eigenvalue weighted by Crippen LogP contribution is 2.22. The molecule has 0 bridgehead atoms. The number of rotatable bonds is 5. The molecule has 9 heteroatoms. The number of benzene rings is 1. The molecule has 0 radical (unpaired) electrons. The highest BCUT2D eigenvalue weighted by molar-refractivity contribution is 7.87. The Morgan fingerprint density at radius 2 is 2.04 bits per heavy atom. The number of anilines is 2. The van der Waals surface area contributed by atoms with Crippen molar-refractivity contribution in [2.45, 2.75) is 13.5 Å². The number of fused-ring (bicyclic) bond motifs is 1. The second-order valence-corrected chi connectivity index (χ2v) is 6.60. The van der Waals surface area contributed by atoms with Crippen LogP contribution in [0.15, 0.2) is 36.7 Å². The van der Waals surface area contributed by atoms with Crippen molar-refractivity contribution in [3.8, 4) is 0 Å². The number of nitrogens with zero attached hydrogens (tertiary/aromatic N) is 3. The molecule has 0 fully saturated rings. The van der Waals surface area contributed by atoms with Crippen molar-refractivity contribution >= 4 is 32.7 Å². The zero-order valence-corrected chi connectivity index (χ0v) is 14.0. The lowest BCUT2D eigenvalue weighted by atomic mass is 10.1.